The van der Waals surface area contributed by atoms with Gasteiger partial charge < -0.3 is 10.4 Å². The molecule has 0 fully saturated rings. The normalized spacial score (nSPS) is 10.7. The van der Waals surface area contributed by atoms with Gasteiger partial charge in [-0.3, -0.25) is 4.79 Å². The average molecular weight is 430 g/mol. The molecule has 2 N–H and O–H groups in total. The maximum Gasteiger partial charge on any atom is 0.225 e. The van der Waals surface area contributed by atoms with Crippen LogP contribution in [0.2, 0.25) is 0 Å². The number of nitrogens with one attached hydrogen (secondary N) is 1. The van der Waals surface area contributed by atoms with E-state index in [0.29, 0.717) is 17.9 Å². The molecule has 0 radical (unpaired) electrons. The Kier molecular flexibility index (Phi) is 6.82. The van der Waals surface area contributed by atoms with E-state index in [0.717, 1.165) is 34.5 Å². The third-order valence-corrected chi connectivity index (χ3v) is 5.81. The minimum atomic E-state index is -0.0666. The fraction of sp³-hybridized carbons (Fsp3) is 0.160. The van der Waals surface area contributed by atoms with Crippen LogP contribution >= 0.6 is 11.3 Å². The summed E-state index contributed by atoms with van der Waals surface area (Å²) in [5.41, 5.74) is 4.36. The van der Waals surface area contributed by atoms with Crippen molar-refractivity contribution in [3.05, 3.63) is 89.4 Å². The molecule has 0 atom stereocenters. The highest BCUT2D eigenvalue weighted by atomic mass is 32.1. The summed E-state index contributed by atoms with van der Waals surface area (Å²) in [5, 5.41) is 14.2. The maximum absolute atomic E-state index is 12.6. The van der Waals surface area contributed by atoms with Crippen molar-refractivity contribution in [3.63, 3.8) is 0 Å². The number of carbonyl (C=O) groups is 1. The SMILES string of the molecule is O=C(CCCc1ccccc1)Nc1ncc(-c2ccc(CO)cc2)nc1-c1cccs1. The molecule has 2 aromatic heterocycles. The number of nitrogens with zero attached hydrogens (tertiary/aromatic N) is 2. The second-order valence-corrected chi connectivity index (χ2v) is 8.12. The number of thiophene rings is 1. The second-order valence-electron chi connectivity index (χ2n) is 7.17. The lowest BCUT2D eigenvalue weighted by molar-refractivity contribution is -0.116. The summed E-state index contributed by atoms with van der Waals surface area (Å²) in [6.07, 6.45) is 3.73. The first-order valence-electron chi connectivity index (χ1n) is 10.2. The van der Waals surface area contributed by atoms with E-state index in [1.807, 2.05) is 60.0 Å². The van der Waals surface area contributed by atoms with Gasteiger partial charge in [-0.15, -0.1) is 11.3 Å². The van der Waals surface area contributed by atoms with Gasteiger partial charge in [0.25, 0.3) is 0 Å². The Hall–Kier alpha value is -3.35. The van der Waals surface area contributed by atoms with Crippen LogP contribution in [0.25, 0.3) is 21.8 Å². The van der Waals surface area contributed by atoms with Crippen LogP contribution < -0.4 is 5.32 Å². The molecule has 2 aromatic carbocycles. The van der Waals surface area contributed by atoms with E-state index < -0.39 is 0 Å². The summed E-state index contributed by atoms with van der Waals surface area (Å²) < 4.78 is 0. The van der Waals surface area contributed by atoms with Gasteiger partial charge in [-0.1, -0.05) is 60.7 Å². The molecule has 2 heterocycles. The fourth-order valence-corrected chi connectivity index (χ4v) is 3.99. The van der Waals surface area contributed by atoms with Crippen LogP contribution in [0.4, 0.5) is 5.82 Å². The van der Waals surface area contributed by atoms with Crippen LogP contribution in [0.3, 0.4) is 0 Å². The van der Waals surface area contributed by atoms with Crippen LogP contribution in [0.1, 0.15) is 24.0 Å². The minimum Gasteiger partial charge on any atom is -0.392 e. The van der Waals surface area contributed by atoms with Gasteiger partial charge in [-0.2, -0.15) is 0 Å². The lowest BCUT2D eigenvalue weighted by atomic mass is 10.1. The van der Waals surface area contributed by atoms with E-state index in [9.17, 15) is 9.90 Å². The van der Waals surface area contributed by atoms with Gasteiger partial charge in [0.05, 0.1) is 23.4 Å². The topological polar surface area (TPSA) is 75.1 Å². The molecule has 0 saturated heterocycles. The number of aliphatic hydroxyl groups is 1. The van der Waals surface area contributed by atoms with Gasteiger partial charge in [-0.05, 0) is 35.4 Å². The molecule has 31 heavy (non-hydrogen) atoms. The van der Waals surface area contributed by atoms with E-state index in [4.69, 9.17) is 4.98 Å². The first-order valence-corrected chi connectivity index (χ1v) is 11.1. The van der Waals surface area contributed by atoms with Crippen LogP contribution in [0.15, 0.2) is 78.3 Å². The number of carbonyl (C=O) groups excluding carboxylic acids is 1. The number of aryl methyl sites for hydroxylation is 1. The molecule has 4 aromatic rings. The molecular formula is C25H23N3O2S. The van der Waals surface area contributed by atoms with Gasteiger partial charge in [0.1, 0.15) is 5.69 Å². The molecule has 0 aliphatic heterocycles. The number of aromatic nitrogens is 2. The summed E-state index contributed by atoms with van der Waals surface area (Å²) in [6, 6.07) is 21.6. The molecule has 0 spiro atoms. The van der Waals surface area contributed by atoms with Crippen molar-refractivity contribution in [2.24, 2.45) is 0 Å². The lowest BCUT2D eigenvalue weighted by Crippen LogP contribution is -2.14. The highest BCUT2D eigenvalue weighted by Gasteiger charge is 2.15. The molecule has 4 rings (SSSR count). The standard InChI is InChI=1S/C25H23N3O2S/c29-17-19-11-13-20(14-12-19)21-16-26-25(24(27-21)22-9-5-15-31-22)28-23(30)10-4-8-18-6-2-1-3-7-18/h1-3,5-7,9,11-16,29H,4,8,10,17H2,(H,26,28,30). The van der Waals surface area contributed by atoms with Crippen LogP contribution in [0, 0.1) is 0 Å². The second kappa shape index (κ2) is 10.1. The van der Waals surface area contributed by atoms with Crippen molar-refractivity contribution < 1.29 is 9.90 Å². The third-order valence-electron chi connectivity index (χ3n) is 4.93. The largest absolute Gasteiger partial charge is 0.392 e. The quantitative estimate of drug-likeness (QED) is 0.397. The molecule has 1 amide bonds. The van der Waals surface area contributed by atoms with Gasteiger partial charge in [0.2, 0.25) is 5.91 Å². The molecule has 0 unspecified atom stereocenters. The number of aliphatic hydroxyl groups excluding tert-OH is 1. The summed E-state index contributed by atoms with van der Waals surface area (Å²) in [7, 11) is 0. The third kappa shape index (κ3) is 5.42. The summed E-state index contributed by atoms with van der Waals surface area (Å²) in [4.78, 5) is 22.8. The number of benzene rings is 2. The summed E-state index contributed by atoms with van der Waals surface area (Å²) in [5.74, 6) is 0.408. The zero-order valence-electron chi connectivity index (χ0n) is 17.0. The Morgan fingerprint density at radius 2 is 1.77 bits per heavy atom. The van der Waals surface area contributed by atoms with E-state index in [1.54, 1.807) is 17.5 Å². The van der Waals surface area contributed by atoms with Gasteiger partial charge in [-0.25, -0.2) is 9.97 Å². The predicted molar refractivity (Wildman–Crippen MR) is 125 cm³/mol. The van der Waals surface area contributed by atoms with E-state index in [-0.39, 0.29) is 12.5 Å². The van der Waals surface area contributed by atoms with Crippen LogP contribution in [0.5, 0.6) is 0 Å². The van der Waals surface area contributed by atoms with E-state index >= 15 is 0 Å². The number of hydrogen-bond donors (Lipinski definition) is 2. The van der Waals surface area contributed by atoms with Gasteiger partial charge in [0, 0.05) is 12.0 Å². The zero-order valence-corrected chi connectivity index (χ0v) is 17.8. The van der Waals surface area contributed by atoms with E-state index in [1.165, 1.54) is 5.56 Å². The molecular weight excluding hydrogens is 406 g/mol. The van der Waals surface area contributed by atoms with Crippen molar-refractivity contribution in [2.45, 2.75) is 25.9 Å². The average Bonchev–Trinajstić information content (AvgIpc) is 3.35. The molecule has 0 bridgehead atoms. The molecule has 0 aliphatic carbocycles. The lowest BCUT2D eigenvalue weighted by Gasteiger charge is -2.11. The fourth-order valence-electron chi connectivity index (χ4n) is 3.28. The smallest absolute Gasteiger partial charge is 0.225 e. The zero-order chi connectivity index (χ0) is 21.5. The number of amides is 1. The number of anilines is 1. The van der Waals surface area contributed by atoms with Crippen LogP contribution in [-0.2, 0) is 17.8 Å². The van der Waals surface area contributed by atoms with Crippen LogP contribution in [-0.4, -0.2) is 21.0 Å². The van der Waals surface area contributed by atoms with Gasteiger partial charge in [0.15, 0.2) is 5.82 Å². The Morgan fingerprint density at radius 1 is 0.968 bits per heavy atom. The van der Waals surface area contributed by atoms with Crippen molar-refractivity contribution >= 4 is 23.1 Å². The molecule has 0 saturated carbocycles. The summed E-state index contributed by atoms with van der Waals surface area (Å²) >= 11 is 1.56. The summed E-state index contributed by atoms with van der Waals surface area (Å²) in [6.45, 7) is 0.00163. The van der Waals surface area contributed by atoms with Gasteiger partial charge >= 0.3 is 0 Å². The first kappa shape index (κ1) is 20.9. The Labute approximate surface area is 185 Å². The van der Waals surface area contributed by atoms with Crippen molar-refractivity contribution in [3.8, 4) is 21.8 Å². The number of hydrogen-bond acceptors (Lipinski definition) is 5. The Morgan fingerprint density at radius 3 is 2.48 bits per heavy atom. The first-order chi connectivity index (χ1) is 15.2. The monoisotopic (exact) mass is 429 g/mol. The van der Waals surface area contributed by atoms with Crippen molar-refractivity contribution in [1.29, 1.82) is 0 Å². The predicted octanol–water partition coefficient (Wildman–Crippen LogP) is 5.33. The maximum atomic E-state index is 12.6. The van der Waals surface area contributed by atoms with E-state index in [2.05, 4.69) is 22.4 Å². The molecule has 0 aliphatic rings. The minimum absolute atomic E-state index is 0.00163. The molecule has 5 nitrogen and oxygen atoms in total. The molecule has 6 heteroatoms. The highest BCUT2D eigenvalue weighted by molar-refractivity contribution is 7.13. The highest BCUT2D eigenvalue weighted by Crippen LogP contribution is 2.31. The number of rotatable bonds is 8. The van der Waals surface area contributed by atoms with Crippen molar-refractivity contribution in [1.82, 2.24) is 9.97 Å². The molecule has 156 valence electrons. The Bertz CT molecular complexity index is 1130. The Balaban J connectivity index is 1.50. The van der Waals surface area contributed by atoms with Crippen molar-refractivity contribution in [2.75, 3.05) is 5.32 Å².